The van der Waals surface area contributed by atoms with Gasteiger partial charge in [-0.25, -0.2) is 0 Å². The molecule has 2 aliphatic rings. The first kappa shape index (κ1) is 11.0. The van der Waals surface area contributed by atoms with Crippen LogP contribution in [-0.2, 0) is 0 Å². The monoisotopic (exact) mass is 238 g/mol. The van der Waals surface area contributed by atoms with Crippen molar-refractivity contribution in [3.8, 4) is 0 Å². The molecule has 0 fully saturated rings. The van der Waals surface area contributed by atoms with Gasteiger partial charge in [-0.05, 0) is 11.1 Å². The maximum absolute atomic E-state index is 4.41. The molecule has 2 atom stereocenters. The molecule has 0 N–H and O–H groups in total. The van der Waals surface area contributed by atoms with Crippen molar-refractivity contribution in [2.24, 2.45) is 20.0 Å². The lowest BCUT2D eigenvalue weighted by Gasteiger charge is -2.15. The van der Waals surface area contributed by atoms with E-state index in [2.05, 4.69) is 44.2 Å². The zero-order valence-corrected chi connectivity index (χ0v) is 9.98. The Bertz CT molecular complexity index is 476. The van der Waals surface area contributed by atoms with Gasteiger partial charge in [0.2, 0.25) is 0 Å². The van der Waals surface area contributed by atoms with E-state index in [0.29, 0.717) is 0 Å². The Morgan fingerprint density at radius 3 is 1.44 bits per heavy atom. The highest BCUT2D eigenvalue weighted by Gasteiger charge is 2.13. The van der Waals surface area contributed by atoms with Gasteiger partial charge < -0.3 is 0 Å². The van der Waals surface area contributed by atoms with E-state index >= 15 is 0 Å². The largest absolute Gasteiger partial charge is 0.289 e. The van der Waals surface area contributed by atoms with Crippen LogP contribution in [0, 0.1) is 0 Å². The van der Waals surface area contributed by atoms with E-state index in [1.165, 1.54) is 11.1 Å². The molecule has 0 spiro atoms. The third kappa shape index (κ3) is 2.27. The summed E-state index contributed by atoms with van der Waals surface area (Å²) in [6, 6.07) is 8.80. The highest BCUT2D eigenvalue weighted by atomic mass is 14.9. The van der Waals surface area contributed by atoms with Crippen molar-refractivity contribution in [3.63, 3.8) is 0 Å². The SMILES string of the molecule is C1=NC[C@@H](c2ccc([C@@H]3CN=CC=N3)cc2)N=C1. The molecular formula is C14H14N4. The van der Waals surface area contributed by atoms with Crippen molar-refractivity contribution >= 4 is 24.9 Å². The van der Waals surface area contributed by atoms with Gasteiger partial charge >= 0.3 is 0 Å². The minimum absolute atomic E-state index is 0.164. The molecule has 2 heterocycles. The zero-order chi connectivity index (χ0) is 12.2. The Labute approximate surface area is 106 Å². The molecule has 0 bridgehead atoms. The Balaban J connectivity index is 1.76. The Morgan fingerprint density at radius 1 is 0.667 bits per heavy atom. The molecule has 4 nitrogen and oxygen atoms in total. The summed E-state index contributed by atoms with van der Waals surface area (Å²) in [5.41, 5.74) is 2.41. The molecule has 0 unspecified atom stereocenters. The van der Waals surface area contributed by atoms with Gasteiger partial charge in [-0.1, -0.05) is 24.3 Å². The van der Waals surface area contributed by atoms with Gasteiger partial charge in [0.05, 0.1) is 25.2 Å². The van der Waals surface area contributed by atoms with E-state index < -0.39 is 0 Å². The average Bonchev–Trinajstić information content (AvgIpc) is 2.49. The zero-order valence-electron chi connectivity index (χ0n) is 9.98. The first-order valence-corrected chi connectivity index (χ1v) is 6.06. The lowest BCUT2D eigenvalue weighted by atomic mass is 10.0. The smallest absolute Gasteiger partial charge is 0.0944 e. The fraction of sp³-hybridized carbons (Fsp3) is 0.286. The molecule has 0 aliphatic carbocycles. The summed E-state index contributed by atoms with van der Waals surface area (Å²) >= 11 is 0. The predicted molar refractivity (Wildman–Crippen MR) is 75.6 cm³/mol. The first-order valence-electron chi connectivity index (χ1n) is 6.06. The third-order valence-corrected chi connectivity index (χ3v) is 3.14. The second-order valence-corrected chi connectivity index (χ2v) is 4.32. The molecule has 4 heteroatoms. The maximum Gasteiger partial charge on any atom is 0.0944 e. The van der Waals surface area contributed by atoms with E-state index in [4.69, 9.17) is 0 Å². The molecule has 18 heavy (non-hydrogen) atoms. The first-order chi connectivity index (χ1) is 8.93. The minimum Gasteiger partial charge on any atom is -0.289 e. The van der Waals surface area contributed by atoms with Crippen LogP contribution in [0.5, 0.6) is 0 Å². The second-order valence-electron chi connectivity index (χ2n) is 4.32. The van der Waals surface area contributed by atoms with Crippen molar-refractivity contribution in [1.29, 1.82) is 0 Å². The van der Waals surface area contributed by atoms with Gasteiger partial charge in [0, 0.05) is 24.9 Å². The normalized spacial score (nSPS) is 25.6. The number of nitrogens with zero attached hydrogens (tertiary/aromatic N) is 4. The van der Waals surface area contributed by atoms with E-state index in [9.17, 15) is 0 Å². The van der Waals surface area contributed by atoms with Gasteiger partial charge in [-0.3, -0.25) is 20.0 Å². The van der Waals surface area contributed by atoms with Crippen LogP contribution in [0.4, 0.5) is 0 Å². The summed E-state index contributed by atoms with van der Waals surface area (Å²) in [7, 11) is 0. The molecule has 0 saturated heterocycles. The predicted octanol–water partition coefficient (Wildman–Crippen LogP) is 2.08. The number of benzene rings is 1. The van der Waals surface area contributed by atoms with Gasteiger partial charge in [0.15, 0.2) is 0 Å². The lowest BCUT2D eigenvalue weighted by Crippen LogP contribution is -2.07. The van der Waals surface area contributed by atoms with Crippen molar-refractivity contribution < 1.29 is 0 Å². The van der Waals surface area contributed by atoms with Crippen LogP contribution in [0.3, 0.4) is 0 Å². The van der Waals surface area contributed by atoms with E-state index in [0.717, 1.165) is 13.1 Å². The summed E-state index contributed by atoms with van der Waals surface area (Å²) in [5.74, 6) is 0. The molecule has 2 aliphatic heterocycles. The van der Waals surface area contributed by atoms with Gasteiger partial charge in [0.25, 0.3) is 0 Å². The third-order valence-electron chi connectivity index (χ3n) is 3.14. The Hall–Kier alpha value is -2.10. The van der Waals surface area contributed by atoms with Gasteiger partial charge in [-0.15, -0.1) is 0 Å². The minimum atomic E-state index is 0.164. The number of rotatable bonds is 2. The summed E-state index contributed by atoms with van der Waals surface area (Å²) in [4.78, 5) is 17.3. The van der Waals surface area contributed by atoms with E-state index in [1.54, 1.807) is 24.9 Å². The fourth-order valence-corrected chi connectivity index (χ4v) is 2.12. The quantitative estimate of drug-likeness (QED) is 0.757. The van der Waals surface area contributed by atoms with Crippen LogP contribution in [0.15, 0.2) is 44.2 Å². The molecule has 90 valence electrons. The lowest BCUT2D eigenvalue weighted by molar-refractivity contribution is 0.727. The van der Waals surface area contributed by atoms with Gasteiger partial charge in [0.1, 0.15) is 0 Å². The van der Waals surface area contributed by atoms with Crippen molar-refractivity contribution in [2.75, 3.05) is 13.1 Å². The average molecular weight is 238 g/mol. The topological polar surface area (TPSA) is 49.4 Å². The van der Waals surface area contributed by atoms with Crippen LogP contribution < -0.4 is 0 Å². The van der Waals surface area contributed by atoms with E-state index in [1.807, 2.05) is 0 Å². The molecule has 0 amide bonds. The van der Waals surface area contributed by atoms with Crippen molar-refractivity contribution in [2.45, 2.75) is 12.1 Å². The molecule has 0 saturated carbocycles. The summed E-state index contributed by atoms with van der Waals surface area (Å²) in [6.07, 6.45) is 7.03. The Morgan fingerprint density at radius 2 is 1.11 bits per heavy atom. The molecule has 1 aromatic carbocycles. The number of hydrogen-bond acceptors (Lipinski definition) is 4. The van der Waals surface area contributed by atoms with Crippen LogP contribution in [0.2, 0.25) is 0 Å². The van der Waals surface area contributed by atoms with E-state index in [-0.39, 0.29) is 12.1 Å². The number of aliphatic imine (C=N–C) groups is 4. The summed E-state index contributed by atoms with van der Waals surface area (Å²) < 4.78 is 0. The number of hydrogen-bond donors (Lipinski definition) is 0. The second kappa shape index (κ2) is 5.04. The standard InChI is InChI=1S/C14H14N4/c1-2-12(14-10-16-6-8-18-14)4-3-11(1)13-9-15-5-7-17-13/h1-8,13-14H,9-10H2/t13-,14-/m0/s1. The highest BCUT2D eigenvalue weighted by Crippen LogP contribution is 2.23. The van der Waals surface area contributed by atoms with Crippen molar-refractivity contribution in [3.05, 3.63) is 35.4 Å². The summed E-state index contributed by atoms with van der Waals surface area (Å²) in [5, 5.41) is 0. The van der Waals surface area contributed by atoms with Crippen LogP contribution in [0.1, 0.15) is 23.2 Å². The molecular weight excluding hydrogens is 224 g/mol. The van der Waals surface area contributed by atoms with Crippen LogP contribution in [-0.4, -0.2) is 37.9 Å². The molecule has 1 aromatic rings. The van der Waals surface area contributed by atoms with Gasteiger partial charge in [-0.2, -0.15) is 0 Å². The summed E-state index contributed by atoms with van der Waals surface area (Å²) in [6.45, 7) is 1.48. The highest BCUT2D eigenvalue weighted by molar-refractivity contribution is 6.16. The Kier molecular flexibility index (Phi) is 3.08. The van der Waals surface area contributed by atoms with Crippen LogP contribution >= 0.6 is 0 Å². The van der Waals surface area contributed by atoms with Crippen LogP contribution in [0.25, 0.3) is 0 Å². The maximum atomic E-state index is 4.41. The molecule has 0 radical (unpaired) electrons. The fourth-order valence-electron chi connectivity index (χ4n) is 2.12. The molecule has 0 aromatic heterocycles. The molecule has 3 rings (SSSR count). The van der Waals surface area contributed by atoms with Crippen molar-refractivity contribution in [1.82, 2.24) is 0 Å².